The summed E-state index contributed by atoms with van der Waals surface area (Å²) < 4.78 is 29.7. The maximum Gasteiger partial charge on any atom is 0.152 e. The van der Waals surface area contributed by atoms with Crippen LogP contribution in [-0.4, -0.2) is 14.9 Å². The van der Waals surface area contributed by atoms with E-state index in [0.717, 1.165) is 12.1 Å². The summed E-state index contributed by atoms with van der Waals surface area (Å²) in [6.07, 6.45) is 0. The maximum atomic E-state index is 13.9. The van der Waals surface area contributed by atoms with Gasteiger partial charge in [0.15, 0.2) is 11.6 Å². The first-order chi connectivity index (χ1) is 8.45. The summed E-state index contributed by atoms with van der Waals surface area (Å²) in [4.78, 5) is 0. The Labute approximate surface area is 111 Å². The molecule has 0 amide bonds. The first-order valence-electron chi connectivity index (χ1n) is 5.26. The van der Waals surface area contributed by atoms with Crippen LogP contribution < -0.4 is 0 Å². The zero-order valence-electron chi connectivity index (χ0n) is 9.84. The first kappa shape index (κ1) is 13.2. The molecule has 18 heavy (non-hydrogen) atoms. The normalized spacial score (nSPS) is 11.0. The van der Waals surface area contributed by atoms with Crippen molar-refractivity contribution in [1.29, 1.82) is 0 Å². The van der Waals surface area contributed by atoms with Gasteiger partial charge in [-0.05, 0) is 47.5 Å². The highest BCUT2D eigenvalue weighted by molar-refractivity contribution is 9.10. The fraction of sp³-hybridized carbons (Fsp3) is 0.250. The number of aliphatic hydroxyl groups excluding tert-OH is 1. The number of aryl methyl sites for hydroxylation is 1. The van der Waals surface area contributed by atoms with E-state index in [1.807, 2.05) is 0 Å². The quantitative estimate of drug-likeness (QED) is 0.924. The van der Waals surface area contributed by atoms with Crippen molar-refractivity contribution in [3.63, 3.8) is 0 Å². The van der Waals surface area contributed by atoms with Crippen LogP contribution in [0.5, 0.6) is 0 Å². The molecule has 0 aliphatic carbocycles. The molecule has 0 saturated heterocycles. The second-order valence-corrected chi connectivity index (χ2v) is 4.76. The first-order valence-corrected chi connectivity index (χ1v) is 6.06. The van der Waals surface area contributed by atoms with E-state index in [4.69, 9.17) is 5.11 Å². The van der Waals surface area contributed by atoms with E-state index in [0.29, 0.717) is 15.9 Å². The molecular weight excluding hydrogens is 306 g/mol. The Morgan fingerprint density at radius 2 is 1.83 bits per heavy atom. The minimum absolute atomic E-state index is 0.189. The number of aromatic nitrogens is 2. The van der Waals surface area contributed by atoms with Gasteiger partial charge in [0.05, 0.1) is 22.5 Å². The van der Waals surface area contributed by atoms with Crippen molar-refractivity contribution in [2.45, 2.75) is 20.5 Å². The Kier molecular flexibility index (Phi) is 3.49. The zero-order valence-corrected chi connectivity index (χ0v) is 11.4. The Morgan fingerprint density at radius 1 is 1.28 bits per heavy atom. The van der Waals surface area contributed by atoms with E-state index in [9.17, 15) is 8.78 Å². The fourth-order valence-corrected chi connectivity index (χ4v) is 2.00. The molecule has 0 bridgehead atoms. The minimum atomic E-state index is -0.753. The molecule has 0 atom stereocenters. The van der Waals surface area contributed by atoms with Crippen LogP contribution in [0.15, 0.2) is 16.6 Å². The van der Waals surface area contributed by atoms with Gasteiger partial charge in [-0.1, -0.05) is 0 Å². The third-order valence-corrected chi connectivity index (χ3v) is 3.82. The smallest absolute Gasteiger partial charge is 0.152 e. The predicted octanol–water partition coefficient (Wildman–Crippen LogP) is 3.02. The summed E-state index contributed by atoms with van der Waals surface area (Å²) in [7, 11) is 0. The molecule has 2 aromatic rings. The molecule has 0 unspecified atom stereocenters. The van der Waals surface area contributed by atoms with Crippen molar-refractivity contribution in [3.05, 3.63) is 45.2 Å². The molecule has 0 radical (unpaired) electrons. The van der Waals surface area contributed by atoms with Gasteiger partial charge in [0, 0.05) is 0 Å². The van der Waals surface area contributed by atoms with E-state index >= 15 is 0 Å². The lowest BCUT2D eigenvalue weighted by Crippen LogP contribution is -2.06. The van der Waals surface area contributed by atoms with E-state index < -0.39 is 18.2 Å². The van der Waals surface area contributed by atoms with Crippen LogP contribution in [0.1, 0.15) is 17.0 Å². The summed E-state index contributed by atoms with van der Waals surface area (Å²) in [6.45, 7) is 3.04. The average Bonchev–Trinajstić information content (AvgIpc) is 2.56. The second-order valence-electron chi connectivity index (χ2n) is 3.96. The molecular formula is C12H11BrF2N2O. The van der Waals surface area contributed by atoms with Crippen molar-refractivity contribution >= 4 is 15.9 Å². The number of nitrogens with zero attached hydrogens (tertiary/aromatic N) is 2. The predicted molar refractivity (Wildman–Crippen MR) is 66.6 cm³/mol. The van der Waals surface area contributed by atoms with Gasteiger partial charge in [-0.3, -0.25) is 0 Å². The molecule has 0 aliphatic rings. The molecule has 6 heteroatoms. The van der Waals surface area contributed by atoms with E-state index in [2.05, 4.69) is 21.0 Å². The van der Waals surface area contributed by atoms with Crippen LogP contribution in [0.4, 0.5) is 8.78 Å². The highest BCUT2D eigenvalue weighted by Gasteiger charge is 2.18. The number of aliphatic hydroxyl groups is 1. The van der Waals surface area contributed by atoms with Crippen LogP contribution in [0.25, 0.3) is 5.69 Å². The number of benzene rings is 1. The molecule has 1 N–H and O–H groups in total. The third-order valence-electron chi connectivity index (χ3n) is 2.67. The number of halogens is 3. The van der Waals surface area contributed by atoms with Gasteiger partial charge < -0.3 is 5.11 Å². The lowest BCUT2D eigenvalue weighted by atomic mass is 10.2. The topological polar surface area (TPSA) is 38.0 Å². The van der Waals surface area contributed by atoms with Crippen molar-refractivity contribution in [2.24, 2.45) is 0 Å². The average molecular weight is 317 g/mol. The van der Waals surface area contributed by atoms with E-state index in [1.54, 1.807) is 13.8 Å². The molecule has 0 aliphatic heterocycles. The lowest BCUT2D eigenvalue weighted by Gasteiger charge is -2.09. The van der Waals surface area contributed by atoms with Crippen LogP contribution in [-0.2, 0) is 6.61 Å². The molecule has 3 nitrogen and oxygen atoms in total. The maximum absolute atomic E-state index is 13.9. The van der Waals surface area contributed by atoms with Crippen LogP contribution in [0, 0.1) is 25.5 Å². The summed E-state index contributed by atoms with van der Waals surface area (Å²) in [6, 6.07) is 2.20. The van der Waals surface area contributed by atoms with Gasteiger partial charge >= 0.3 is 0 Å². The molecule has 1 aromatic heterocycles. The van der Waals surface area contributed by atoms with Crippen LogP contribution in [0.3, 0.4) is 0 Å². The van der Waals surface area contributed by atoms with Crippen molar-refractivity contribution in [2.75, 3.05) is 0 Å². The second kappa shape index (κ2) is 4.78. The summed E-state index contributed by atoms with van der Waals surface area (Å²) >= 11 is 3.31. The lowest BCUT2D eigenvalue weighted by molar-refractivity contribution is 0.280. The van der Waals surface area contributed by atoms with E-state index in [-0.39, 0.29) is 11.3 Å². The molecule has 0 spiro atoms. The SMILES string of the molecule is Cc1nn(-c2c(F)cc(CO)cc2F)c(C)c1Br. The fourth-order valence-electron chi connectivity index (χ4n) is 1.75. The van der Waals surface area contributed by atoms with Crippen LogP contribution >= 0.6 is 15.9 Å². The molecule has 0 saturated carbocycles. The van der Waals surface area contributed by atoms with Gasteiger partial charge in [-0.15, -0.1) is 0 Å². The number of hydrogen-bond donors (Lipinski definition) is 1. The van der Waals surface area contributed by atoms with Crippen LogP contribution in [0.2, 0.25) is 0 Å². The number of hydrogen-bond acceptors (Lipinski definition) is 2. The van der Waals surface area contributed by atoms with Crippen molar-refractivity contribution in [3.8, 4) is 5.69 Å². The monoisotopic (exact) mass is 316 g/mol. The summed E-state index contributed by atoms with van der Waals surface area (Å²) in [5, 5.41) is 13.0. The van der Waals surface area contributed by atoms with Gasteiger partial charge in [-0.25, -0.2) is 13.5 Å². The Balaban J connectivity index is 2.67. The summed E-state index contributed by atoms with van der Waals surface area (Å²) in [5.74, 6) is -1.51. The Hall–Kier alpha value is -1.27. The van der Waals surface area contributed by atoms with Gasteiger partial charge in [-0.2, -0.15) is 5.10 Å². The Bertz CT molecular complexity index is 587. The standard InChI is InChI=1S/C12H11BrF2N2O/c1-6-11(13)7(2)17(16-6)12-9(14)3-8(5-18)4-10(12)15/h3-4,18H,5H2,1-2H3. The van der Waals surface area contributed by atoms with Crippen molar-refractivity contribution < 1.29 is 13.9 Å². The van der Waals surface area contributed by atoms with Gasteiger partial charge in [0.25, 0.3) is 0 Å². The third kappa shape index (κ3) is 2.06. The van der Waals surface area contributed by atoms with Gasteiger partial charge in [0.1, 0.15) is 5.69 Å². The molecule has 2 rings (SSSR count). The molecule has 1 heterocycles. The van der Waals surface area contributed by atoms with Crippen molar-refractivity contribution in [1.82, 2.24) is 9.78 Å². The highest BCUT2D eigenvalue weighted by Crippen LogP contribution is 2.26. The molecule has 96 valence electrons. The zero-order chi connectivity index (χ0) is 13.4. The summed E-state index contributed by atoms with van der Waals surface area (Å²) in [5.41, 5.74) is 1.22. The minimum Gasteiger partial charge on any atom is -0.392 e. The largest absolute Gasteiger partial charge is 0.392 e. The Morgan fingerprint density at radius 3 is 2.22 bits per heavy atom. The van der Waals surface area contributed by atoms with E-state index in [1.165, 1.54) is 4.68 Å². The highest BCUT2D eigenvalue weighted by atomic mass is 79.9. The molecule has 0 fully saturated rings. The molecule has 1 aromatic carbocycles. The number of rotatable bonds is 2. The van der Waals surface area contributed by atoms with Gasteiger partial charge in [0.2, 0.25) is 0 Å².